The summed E-state index contributed by atoms with van der Waals surface area (Å²) in [6, 6.07) is 4.75. The Balaban J connectivity index is 2.24. The number of rotatable bonds is 4. The van der Waals surface area contributed by atoms with Crippen molar-refractivity contribution < 1.29 is 26.3 Å². The molecule has 0 N–H and O–H groups in total. The summed E-state index contributed by atoms with van der Waals surface area (Å²) in [4.78, 5) is 0.0538. The molecule has 0 aliphatic carbocycles. The van der Waals surface area contributed by atoms with Crippen molar-refractivity contribution in [3.05, 3.63) is 42.2 Å². The van der Waals surface area contributed by atoms with Crippen LogP contribution in [-0.4, -0.2) is 24.6 Å². The van der Waals surface area contributed by atoms with Crippen LogP contribution in [0.4, 0.5) is 13.2 Å². The monoisotopic (exact) mass is 334 g/mol. The van der Waals surface area contributed by atoms with Crippen molar-refractivity contribution in [3.8, 4) is 5.75 Å². The number of aromatic nitrogens is 2. The van der Waals surface area contributed by atoms with E-state index in [4.69, 9.17) is 0 Å². The van der Waals surface area contributed by atoms with E-state index in [0.717, 1.165) is 12.1 Å². The van der Waals surface area contributed by atoms with Gasteiger partial charge in [0.25, 0.3) is 0 Å². The molecule has 2 aromatic rings. The van der Waals surface area contributed by atoms with Crippen LogP contribution in [0, 0.1) is 0 Å². The number of aryl methyl sites for hydroxylation is 1. The van der Waals surface area contributed by atoms with Crippen LogP contribution < -0.4 is 4.74 Å². The second kappa shape index (κ2) is 5.64. The van der Waals surface area contributed by atoms with Gasteiger partial charge in [-0.25, -0.2) is 8.42 Å². The predicted molar refractivity (Wildman–Crippen MR) is 71.9 cm³/mol. The second-order valence-corrected chi connectivity index (χ2v) is 6.92. The summed E-state index contributed by atoms with van der Waals surface area (Å²) in [7, 11) is -2.08. The lowest BCUT2D eigenvalue weighted by molar-refractivity contribution is -0.274. The molecule has 0 radical (unpaired) electrons. The molecule has 0 spiro atoms. The van der Waals surface area contributed by atoms with Crippen LogP contribution in [0.15, 0.2) is 41.6 Å². The Kier molecular flexibility index (Phi) is 4.19. The Morgan fingerprint density at radius 3 is 2.27 bits per heavy atom. The van der Waals surface area contributed by atoms with Crippen molar-refractivity contribution in [3.63, 3.8) is 0 Å². The van der Waals surface area contributed by atoms with Gasteiger partial charge in [0.15, 0.2) is 9.84 Å². The number of halogens is 3. The summed E-state index contributed by atoms with van der Waals surface area (Å²) < 4.78 is 66.2. The molecule has 1 heterocycles. The molecule has 0 bridgehead atoms. The lowest BCUT2D eigenvalue weighted by atomic mass is 10.1. The molecular weight excluding hydrogens is 321 g/mol. The zero-order valence-corrected chi connectivity index (χ0v) is 12.5. The average Bonchev–Trinajstić information content (AvgIpc) is 2.84. The highest BCUT2D eigenvalue weighted by atomic mass is 32.2. The van der Waals surface area contributed by atoms with Gasteiger partial charge in [-0.2, -0.15) is 5.10 Å². The average molecular weight is 334 g/mol. The quantitative estimate of drug-likeness (QED) is 0.863. The fraction of sp³-hybridized carbons (Fsp3) is 0.308. The lowest BCUT2D eigenvalue weighted by Crippen LogP contribution is -2.17. The van der Waals surface area contributed by atoms with Crippen LogP contribution in [0.25, 0.3) is 0 Å². The predicted octanol–water partition coefficient (Wildman–Crippen LogP) is 2.85. The van der Waals surface area contributed by atoms with Gasteiger partial charge in [-0.3, -0.25) is 4.68 Å². The topological polar surface area (TPSA) is 61.2 Å². The van der Waals surface area contributed by atoms with Crippen LogP contribution in [-0.2, 0) is 16.9 Å². The third-order valence-electron chi connectivity index (χ3n) is 3.06. The third-order valence-corrected chi connectivity index (χ3v) is 5.13. The van der Waals surface area contributed by atoms with Gasteiger partial charge in [-0.15, -0.1) is 13.2 Å². The Labute approximate surface area is 125 Å². The van der Waals surface area contributed by atoms with Crippen molar-refractivity contribution in [2.45, 2.75) is 23.4 Å². The SMILES string of the molecule is CC(c1ccc(OC(F)(F)F)cc1)S(=O)(=O)c1cnn(C)c1. The minimum atomic E-state index is -4.78. The van der Waals surface area contributed by atoms with E-state index in [1.807, 2.05) is 0 Å². The van der Waals surface area contributed by atoms with E-state index in [-0.39, 0.29) is 4.90 Å². The molecule has 0 aliphatic heterocycles. The highest BCUT2D eigenvalue weighted by Gasteiger charge is 2.31. The molecule has 0 aliphatic rings. The van der Waals surface area contributed by atoms with E-state index in [2.05, 4.69) is 9.84 Å². The van der Waals surface area contributed by atoms with E-state index in [0.29, 0.717) is 5.56 Å². The first-order valence-electron chi connectivity index (χ1n) is 6.18. The number of benzene rings is 1. The molecule has 5 nitrogen and oxygen atoms in total. The van der Waals surface area contributed by atoms with Crippen molar-refractivity contribution in [2.24, 2.45) is 7.05 Å². The summed E-state index contributed by atoms with van der Waals surface area (Å²) in [6.07, 6.45) is -2.19. The van der Waals surface area contributed by atoms with Gasteiger partial charge in [0.1, 0.15) is 10.6 Å². The van der Waals surface area contributed by atoms with Crippen LogP contribution >= 0.6 is 0 Å². The van der Waals surface area contributed by atoms with Crippen molar-refractivity contribution >= 4 is 9.84 Å². The summed E-state index contributed by atoms with van der Waals surface area (Å²) in [5, 5.41) is 2.89. The van der Waals surface area contributed by atoms with Gasteiger partial charge in [-0.1, -0.05) is 12.1 Å². The number of hydrogen-bond acceptors (Lipinski definition) is 4. The maximum Gasteiger partial charge on any atom is 0.573 e. The lowest BCUT2D eigenvalue weighted by Gasteiger charge is -2.13. The first kappa shape index (κ1) is 16.3. The first-order valence-corrected chi connectivity index (χ1v) is 7.72. The Bertz CT molecular complexity index is 752. The van der Waals surface area contributed by atoms with Gasteiger partial charge in [0.2, 0.25) is 0 Å². The maximum atomic E-state index is 12.4. The zero-order chi connectivity index (χ0) is 16.5. The van der Waals surface area contributed by atoms with E-state index >= 15 is 0 Å². The summed E-state index contributed by atoms with van der Waals surface area (Å²) in [5.41, 5.74) is 0.360. The maximum absolute atomic E-state index is 12.4. The first-order chi connectivity index (χ1) is 10.1. The standard InChI is InChI=1S/C13H13F3N2O3S/c1-9(22(19,20)12-7-17-18(2)8-12)10-3-5-11(6-4-10)21-13(14,15)16/h3-9H,1-2H3. The molecule has 1 aromatic heterocycles. The van der Waals surface area contributed by atoms with Crippen LogP contribution in [0.3, 0.4) is 0 Å². The molecule has 9 heteroatoms. The molecule has 0 fully saturated rings. The molecule has 1 aromatic carbocycles. The van der Waals surface area contributed by atoms with Crippen LogP contribution in [0.2, 0.25) is 0 Å². The molecule has 22 heavy (non-hydrogen) atoms. The third kappa shape index (κ3) is 3.59. The normalized spacial score (nSPS) is 13.9. The zero-order valence-electron chi connectivity index (χ0n) is 11.7. The van der Waals surface area contributed by atoms with Crippen molar-refractivity contribution in [2.75, 3.05) is 0 Å². The molecule has 0 saturated carbocycles. The van der Waals surface area contributed by atoms with Crippen LogP contribution in [0.5, 0.6) is 5.75 Å². The van der Waals surface area contributed by atoms with Crippen LogP contribution in [0.1, 0.15) is 17.7 Å². The van der Waals surface area contributed by atoms with E-state index in [1.54, 1.807) is 7.05 Å². The molecule has 1 unspecified atom stereocenters. The van der Waals surface area contributed by atoms with E-state index in [1.165, 1.54) is 36.1 Å². The summed E-state index contributed by atoms with van der Waals surface area (Å²) in [5.74, 6) is -0.401. The highest BCUT2D eigenvalue weighted by Crippen LogP contribution is 2.30. The largest absolute Gasteiger partial charge is 0.573 e. The molecule has 2 rings (SSSR count). The van der Waals surface area contributed by atoms with Gasteiger partial charge in [0, 0.05) is 13.2 Å². The van der Waals surface area contributed by atoms with E-state index < -0.39 is 27.2 Å². The Hall–Kier alpha value is -2.03. The number of hydrogen-bond donors (Lipinski definition) is 0. The molecule has 1 atom stereocenters. The number of sulfone groups is 1. The second-order valence-electron chi connectivity index (χ2n) is 4.65. The molecular formula is C13H13F3N2O3S. The minimum Gasteiger partial charge on any atom is -0.406 e. The smallest absolute Gasteiger partial charge is 0.406 e. The van der Waals surface area contributed by atoms with Gasteiger partial charge < -0.3 is 4.74 Å². The van der Waals surface area contributed by atoms with Gasteiger partial charge in [-0.05, 0) is 24.6 Å². The summed E-state index contributed by atoms with van der Waals surface area (Å²) in [6.45, 7) is 1.46. The Morgan fingerprint density at radius 1 is 1.23 bits per heavy atom. The fourth-order valence-electron chi connectivity index (χ4n) is 1.87. The van der Waals surface area contributed by atoms with Gasteiger partial charge in [0.05, 0.1) is 11.4 Å². The van der Waals surface area contributed by atoms with Gasteiger partial charge >= 0.3 is 6.36 Å². The molecule has 120 valence electrons. The minimum absolute atomic E-state index is 0.0538. The van der Waals surface area contributed by atoms with Crippen molar-refractivity contribution in [1.29, 1.82) is 0 Å². The Morgan fingerprint density at radius 2 is 1.82 bits per heavy atom. The van der Waals surface area contributed by atoms with E-state index in [9.17, 15) is 21.6 Å². The molecule has 0 amide bonds. The highest BCUT2D eigenvalue weighted by molar-refractivity contribution is 7.91. The number of ether oxygens (including phenoxy) is 1. The summed E-state index contributed by atoms with van der Waals surface area (Å²) >= 11 is 0. The fourth-order valence-corrected chi connectivity index (χ4v) is 3.29. The molecule has 0 saturated heterocycles. The number of nitrogens with zero attached hydrogens (tertiary/aromatic N) is 2. The van der Waals surface area contributed by atoms with Crippen molar-refractivity contribution in [1.82, 2.24) is 9.78 Å². The number of alkyl halides is 3.